The first-order valence-corrected chi connectivity index (χ1v) is 8.21. The number of H-pyrrole nitrogens is 1. The summed E-state index contributed by atoms with van der Waals surface area (Å²) in [4.78, 5) is 19.6. The molecule has 128 valence electrons. The van der Waals surface area contributed by atoms with E-state index < -0.39 is 0 Å². The molecule has 1 N–H and O–H groups in total. The normalized spacial score (nSPS) is 10.6. The fraction of sp³-hybridized carbons (Fsp3) is 0.158. The van der Waals surface area contributed by atoms with Crippen LogP contribution in [0.4, 0.5) is 0 Å². The van der Waals surface area contributed by atoms with Gasteiger partial charge in [0.2, 0.25) is 0 Å². The van der Waals surface area contributed by atoms with Gasteiger partial charge in [-0.1, -0.05) is 36.4 Å². The van der Waals surface area contributed by atoms with E-state index in [1.165, 1.54) is 0 Å². The molecular formula is C19H17ClN2O3. The number of nitrogens with one attached hydrogen (secondary N) is 1. The molecular weight excluding hydrogens is 340 g/mol. The van der Waals surface area contributed by atoms with Gasteiger partial charge in [-0.05, 0) is 25.1 Å². The smallest absolute Gasteiger partial charge is 0.259 e. The van der Waals surface area contributed by atoms with Crippen LogP contribution in [0.3, 0.4) is 0 Å². The van der Waals surface area contributed by atoms with Gasteiger partial charge in [-0.15, -0.1) is 0 Å². The summed E-state index contributed by atoms with van der Waals surface area (Å²) >= 11 is 6.40. The van der Waals surface area contributed by atoms with E-state index in [-0.39, 0.29) is 5.56 Å². The number of halogens is 1. The van der Waals surface area contributed by atoms with Crippen molar-refractivity contribution in [1.29, 1.82) is 0 Å². The van der Waals surface area contributed by atoms with Crippen molar-refractivity contribution in [3.05, 3.63) is 64.4 Å². The number of fused-ring (bicyclic) bond motifs is 1. The molecule has 0 aliphatic rings. The summed E-state index contributed by atoms with van der Waals surface area (Å²) in [6, 6.07) is 10.5. The second-order valence-corrected chi connectivity index (χ2v) is 5.65. The van der Waals surface area contributed by atoms with Crippen LogP contribution < -0.4 is 15.0 Å². The first-order valence-electron chi connectivity index (χ1n) is 7.83. The lowest BCUT2D eigenvalue weighted by atomic mass is 10.1. The average molecular weight is 357 g/mol. The quantitative estimate of drug-likeness (QED) is 0.672. The SMILES string of the molecule is C=CCOc1cc(Cl)c(-c2nc3ccccc3c(=O)[nH]2)cc1OCC. The molecule has 0 aliphatic heterocycles. The van der Waals surface area contributed by atoms with Gasteiger partial charge in [0.25, 0.3) is 5.56 Å². The van der Waals surface area contributed by atoms with E-state index in [1.807, 2.05) is 13.0 Å². The summed E-state index contributed by atoms with van der Waals surface area (Å²) in [7, 11) is 0. The van der Waals surface area contributed by atoms with Crippen LogP contribution >= 0.6 is 11.6 Å². The molecule has 1 heterocycles. The Bertz CT molecular complexity index is 982. The third kappa shape index (κ3) is 3.51. The third-order valence-corrected chi connectivity index (χ3v) is 3.87. The molecule has 3 rings (SSSR count). The van der Waals surface area contributed by atoms with E-state index in [0.717, 1.165) is 0 Å². The van der Waals surface area contributed by atoms with Gasteiger partial charge in [0.15, 0.2) is 11.5 Å². The van der Waals surface area contributed by atoms with Crippen molar-refractivity contribution in [2.45, 2.75) is 6.92 Å². The maximum absolute atomic E-state index is 12.3. The van der Waals surface area contributed by atoms with E-state index in [0.29, 0.717) is 52.0 Å². The van der Waals surface area contributed by atoms with E-state index in [2.05, 4.69) is 16.5 Å². The van der Waals surface area contributed by atoms with Crippen molar-refractivity contribution >= 4 is 22.5 Å². The lowest BCUT2D eigenvalue weighted by Crippen LogP contribution is -2.09. The molecule has 0 radical (unpaired) electrons. The number of rotatable bonds is 6. The molecule has 0 aliphatic carbocycles. The van der Waals surface area contributed by atoms with E-state index >= 15 is 0 Å². The van der Waals surface area contributed by atoms with Crippen LogP contribution in [0.2, 0.25) is 5.02 Å². The van der Waals surface area contributed by atoms with Crippen LogP contribution in [0, 0.1) is 0 Å². The average Bonchev–Trinajstić information content (AvgIpc) is 2.61. The van der Waals surface area contributed by atoms with E-state index in [4.69, 9.17) is 21.1 Å². The zero-order valence-corrected chi connectivity index (χ0v) is 14.5. The van der Waals surface area contributed by atoms with Crippen molar-refractivity contribution in [2.24, 2.45) is 0 Å². The highest BCUT2D eigenvalue weighted by Crippen LogP contribution is 2.37. The molecule has 0 unspecified atom stereocenters. The lowest BCUT2D eigenvalue weighted by Gasteiger charge is -2.14. The first kappa shape index (κ1) is 17.0. The first-order chi connectivity index (χ1) is 12.1. The van der Waals surface area contributed by atoms with Gasteiger partial charge in [-0.25, -0.2) is 4.98 Å². The zero-order chi connectivity index (χ0) is 17.8. The van der Waals surface area contributed by atoms with Gasteiger partial charge in [-0.3, -0.25) is 4.79 Å². The number of benzene rings is 2. The minimum absolute atomic E-state index is 0.221. The van der Waals surface area contributed by atoms with Gasteiger partial charge >= 0.3 is 0 Å². The Labute approximate surface area is 149 Å². The van der Waals surface area contributed by atoms with Gasteiger partial charge in [-0.2, -0.15) is 0 Å². The Kier molecular flexibility index (Phi) is 5.05. The van der Waals surface area contributed by atoms with Crippen LogP contribution in [-0.4, -0.2) is 23.2 Å². The highest BCUT2D eigenvalue weighted by atomic mass is 35.5. The number of hydrogen-bond donors (Lipinski definition) is 1. The summed E-state index contributed by atoms with van der Waals surface area (Å²) in [6.45, 7) is 6.31. The predicted octanol–water partition coefficient (Wildman–Crippen LogP) is 4.21. The van der Waals surface area contributed by atoms with Gasteiger partial charge in [0.05, 0.1) is 22.5 Å². The molecule has 25 heavy (non-hydrogen) atoms. The maximum atomic E-state index is 12.3. The van der Waals surface area contributed by atoms with Crippen molar-refractivity contribution in [3.63, 3.8) is 0 Å². The summed E-state index contributed by atoms with van der Waals surface area (Å²) in [5, 5.41) is 0.930. The lowest BCUT2D eigenvalue weighted by molar-refractivity contribution is 0.297. The number of aromatic amines is 1. The van der Waals surface area contributed by atoms with Crippen LogP contribution in [0.25, 0.3) is 22.3 Å². The molecule has 0 saturated carbocycles. The standard InChI is InChI=1S/C19H17ClN2O3/c1-3-9-25-17-11-14(20)13(10-16(17)24-4-2)18-21-15-8-6-5-7-12(15)19(23)22-18/h3,5-8,10-11H,1,4,9H2,2H3,(H,21,22,23). The summed E-state index contributed by atoms with van der Waals surface area (Å²) in [5.41, 5.74) is 0.947. The number of nitrogens with zero attached hydrogens (tertiary/aromatic N) is 1. The topological polar surface area (TPSA) is 64.2 Å². The monoisotopic (exact) mass is 356 g/mol. The fourth-order valence-corrected chi connectivity index (χ4v) is 2.70. The van der Waals surface area contributed by atoms with Crippen LogP contribution in [-0.2, 0) is 0 Å². The molecule has 2 aromatic carbocycles. The Morgan fingerprint density at radius 2 is 2.00 bits per heavy atom. The Morgan fingerprint density at radius 3 is 2.76 bits per heavy atom. The van der Waals surface area contributed by atoms with Gasteiger partial charge in [0, 0.05) is 11.6 Å². The second kappa shape index (κ2) is 7.40. The molecule has 0 amide bonds. The largest absolute Gasteiger partial charge is 0.490 e. The molecule has 0 bridgehead atoms. The highest BCUT2D eigenvalue weighted by Gasteiger charge is 2.15. The summed E-state index contributed by atoms with van der Waals surface area (Å²) in [5.74, 6) is 1.42. The Hall–Kier alpha value is -2.79. The Morgan fingerprint density at radius 1 is 1.24 bits per heavy atom. The van der Waals surface area contributed by atoms with Crippen molar-refractivity contribution in [2.75, 3.05) is 13.2 Å². The zero-order valence-electron chi connectivity index (χ0n) is 13.7. The summed E-state index contributed by atoms with van der Waals surface area (Å²) in [6.07, 6.45) is 1.64. The molecule has 0 atom stereocenters. The maximum Gasteiger partial charge on any atom is 0.259 e. The molecule has 0 spiro atoms. The fourth-order valence-electron chi connectivity index (χ4n) is 2.46. The molecule has 0 saturated heterocycles. The van der Waals surface area contributed by atoms with E-state index in [9.17, 15) is 4.79 Å². The Balaban J connectivity index is 2.14. The third-order valence-electron chi connectivity index (χ3n) is 3.56. The molecule has 0 fully saturated rings. The highest BCUT2D eigenvalue weighted by molar-refractivity contribution is 6.33. The minimum Gasteiger partial charge on any atom is -0.490 e. The minimum atomic E-state index is -0.221. The predicted molar refractivity (Wildman–Crippen MR) is 99.7 cm³/mol. The number of aromatic nitrogens is 2. The molecule has 3 aromatic rings. The van der Waals surface area contributed by atoms with Crippen molar-refractivity contribution in [1.82, 2.24) is 9.97 Å². The number of hydrogen-bond acceptors (Lipinski definition) is 4. The van der Waals surface area contributed by atoms with Crippen LogP contribution in [0.1, 0.15) is 6.92 Å². The van der Waals surface area contributed by atoms with Gasteiger partial charge in [0.1, 0.15) is 12.4 Å². The van der Waals surface area contributed by atoms with Crippen LogP contribution in [0.15, 0.2) is 53.8 Å². The van der Waals surface area contributed by atoms with E-state index in [1.54, 1.807) is 36.4 Å². The van der Waals surface area contributed by atoms with Gasteiger partial charge < -0.3 is 14.5 Å². The molecule has 6 heteroatoms. The summed E-state index contributed by atoms with van der Waals surface area (Å²) < 4.78 is 11.2. The molecule has 5 nitrogen and oxygen atoms in total. The van der Waals surface area contributed by atoms with Crippen molar-refractivity contribution < 1.29 is 9.47 Å². The number of ether oxygens (including phenoxy) is 2. The molecule has 1 aromatic heterocycles. The van der Waals surface area contributed by atoms with Crippen molar-refractivity contribution in [3.8, 4) is 22.9 Å². The second-order valence-electron chi connectivity index (χ2n) is 5.24. The van der Waals surface area contributed by atoms with Crippen LogP contribution in [0.5, 0.6) is 11.5 Å². The number of para-hydroxylation sites is 1.